The van der Waals surface area contributed by atoms with E-state index in [2.05, 4.69) is 4.74 Å². The van der Waals surface area contributed by atoms with E-state index < -0.39 is 0 Å². The van der Waals surface area contributed by atoms with Gasteiger partial charge in [0.1, 0.15) is 0 Å². The molecule has 1 aromatic carbocycles. The highest BCUT2D eigenvalue weighted by Gasteiger charge is 2.27. The number of esters is 1. The molecule has 1 fully saturated rings. The van der Waals surface area contributed by atoms with E-state index in [1.54, 1.807) is 11.0 Å². The van der Waals surface area contributed by atoms with Gasteiger partial charge in [-0.15, -0.1) is 0 Å². The third-order valence-electron chi connectivity index (χ3n) is 3.39. The molecule has 1 aliphatic heterocycles. The van der Waals surface area contributed by atoms with Crippen LogP contribution in [0.2, 0.25) is 0 Å². The standard InChI is InChI=1S/C15H20N2O4/c1-10-5-11(7-12(16)6-10)15(19)17-3-4-21-13(9-17)8-14(18)20-2/h5-7,13H,3-4,8-9,16H2,1-2H3. The predicted octanol–water partition coefficient (Wildman–Crippen LogP) is 0.981. The van der Waals surface area contributed by atoms with E-state index in [1.807, 2.05) is 19.1 Å². The van der Waals surface area contributed by atoms with Crippen molar-refractivity contribution in [2.24, 2.45) is 0 Å². The van der Waals surface area contributed by atoms with Gasteiger partial charge in [-0.05, 0) is 30.7 Å². The minimum absolute atomic E-state index is 0.0939. The molecular weight excluding hydrogens is 272 g/mol. The first-order chi connectivity index (χ1) is 9.99. The van der Waals surface area contributed by atoms with E-state index in [1.165, 1.54) is 7.11 Å². The first kappa shape index (κ1) is 15.3. The van der Waals surface area contributed by atoms with Gasteiger partial charge < -0.3 is 20.1 Å². The van der Waals surface area contributed by atoms with Crippen molar-refractivity contribution >= 4 is 17.6 Å². The third kappa shape index (κ3) is 3.95. The van der Waals surface area contributed by atoms with E-state index in [-0.39, 0.29) is 24.4 Å². The fraction of sp³-hybridized carbons (Fsp3) is 0.467. The lowest BCUT2D eigenvalue weighted by Crippen LogP contribution is -2.46. The largest absolute Gasteiger partial charge is 0.469 e. The maximum absolute atomic E-state index is 12.5. The summed E-state index contributed by atoms with van der Waals surface area (Å²) in [5.74, 6) is -0.433. The fourth-order valence-corrected chi connectivity index (χ4v) is 2.42. The van der Waals surface area contributed by atoms with Crippen molar-refractivity contribution in [1.82, 2.24) is 4.90 Å². The quantitative estimate of drug-likeness (QED) is 0.663. The van der Waals surface area contributed by atoms with Gasteiger partial charge >= 0.3 is 5.97 Å². The number of amides is 1. The van der Waals surface area contributed by atoms with Gasteiger partial charge in [-0.1, -0.05) is 0 Å². The maximum Gasteiger partial charge on any atom is 0.308 e. The number of methoxy groups -OCH3 is 1. The highest BCUT2D eigenvalue weighted by atomic mass is 16.5. The number of morpholine rings is 1. The summed E-state index contributed by atoms with van der Waals surface area (Å²) in [6, 6.07) is 5.29. The van der Waals surface area contributed by atoms with Crippen LogP contribution in [0, 0.1) is 6.92 Å². The number of nitrogens with zero attached hydrogens (tertiary/aromatic N) is 1. The molecule has 0 aliphatic carbocycles. The molecule has 2 rings (SSSR count). The number of carbonyl (C=O) groups is 2. The Hall–Kier alpha value is -2.08. The smallest absolute Gasteiger partial charge is 0.308 e. The van der Waals surface area contributed by atoms with Gasteiger partial charge in [-0.25, -0.2) is 0 Å². The summed E-state index contributed by atoms with van der Waals surface area (Å²) >= 11 is 0. The molecule has 0 aromatic heterocycles. The van der Waals surface area contributed by atoms with Crippen LogP contribution in [0.1, 0.15) is 22.3 Å². The maximum atomic E-state index is 12.5. The number of aryl methyl sites for hydroxylation is 1. The first-order valence-electron chi connectivity index (χ1n) is 6.84. The lowest BCUT2D eigenvalue weighted by molar-refractivity contribution is -0.145. The Labute approximate surface area is 123 Å². The number of anilines is 1. The van der Waals surface area contributed by atoms with E-state index in [9.17, 15) is 9.59 Å². The van der Waals surface area contributed by atoms with E-state index in [0.717, 1.165) is 5.56 Å². The van der Waals surface area contributed by atoms with Gasteiger partial charge in [0.25, 0.3) is 5.91 Å². The van der Waals surface area contributed by atoms with Crippen LogP contribution in [0.5, 0.6) is 0 Å². The number of ether oxygens (including phenoxy) is 2. The van der Waals surface area contributed by atoms with Crippen molar-refractivity contribution in [2.75, 3.05) is 32.5 Å². The summed E-state index contributed by atoms with van der Waals surface area (Å²) in [5, 5.41) is 0. The van der Waals surface area contributed by atoms with E-state index >= 15 is 0 Å². The van der Waals surface area contributed by atoms with Crippen LogP contribution in [0.25, 0.3) is 0 Å². The van der Waals surface area contributed by atoms with E-state index in [0.29, 0.717) is 30.9 Å². The average molecular weight is 292 g/mol. The van der Waals surface area contributed by atoms with E-state index in [4.69, 9.17) is 10.5 Å². The van der Waals surface area contributed by atoms with Crippen LogP contribution in [-0.2, 0) is 14.3 Å². The third-order valence-corrected chi connectivity index (χ3v) is 3.39. The molecule has 6 heteroatoms. The minimum atomic E-state index is -0.339. The number of nitrogen functional groups attached to an aromatic ring is 1. The molecule has 1 aliphatic rings. The molecule has 6 nitrogen and oxygen atoms in total. The van der Waals surface area contributed by atoms with Crippen LogP contribution in [-0.4, -0.2) is 49.7 Å². The second kappa shape index (κ2) is 6.58. The van der Waals surface area contributed by atoms with Gasteiger partial charge in [0, 0.05) is 24.3 Å². The molecule has 0 radical (unpaired) electrons. The van der Waals surface area contributed by atoms with Crippen LogP contribution in [0.4, 0.5) is 5.69 Å². The van der Waals surface area contributed by atoms with Crippen LogP contribution >= 0.6 is 0 Å². The Kier molecular flexibility index (Phi) is 4.80. The Bertz CT molecular complexity index is 524. The number of rotatable bonds is 3. The molecule has 2 N–H and O–H groups in total. The normalized spacial score (nSPS) is 18.4. The second-order valence-corrected chi connectivity index (χ2v) is 5.16. The minimum Gasteiger partial charge on any atom is -0.469 e. The van der Waals surface area contributed by atoms with Crippen molar-refractivity contribution in [3.8, 4) is 0 Å². The second-order valence-electron chi connectivity index (χ2n) is 5.16. The Balaban J connectivity index is 2.06. The zero-order chi connectivity index (χ0) is 15.4. The summed E-state index contributed by atoms with van der Waals surface area (Å²) in [4.78, 5) is 25.5. The zero-order valence-corrected chi connectivity index (χ0v) is 12.3. The monoisotopic (exact) mass is 292 g/mol. The molecule has 1 atom stereocenters. The van der Waals surface area contributed by atoms with Gasteiger partial charge in [-0.2, -0.15) is 0 Å². The number of hydrogen-bond acceptors (Lipinski definition) is 5. The number of nitrogens with two attached hydrogens (primary N) is 1. The molecule has 1 aromatic rings. The summed E-state index contributed by atoms with van der Waals surface area (Å²) in [5.41, 5.74) is 7.85. The predicted molar refractivity (Wildman–Crippen MR) is 77.9 cm³/mol. The fourth-order valence-electron chi connectivity index (χ4n) is 2.42. The van der Waals surface area contributed by atoms with Gasteiger partial charge in [0.15, 0.2) is 0 Å². The number of hydrogen-bond donors (Lipinski definition) is 1. The molecule has 1 amide bonds. The molecule has 1 unspecified atom stereocenters. The van der Waals surface area contributed by atoms with Gasteiger partial charge in [0.05, 0.1) is 26.2 Å². The Morgan fingerprint density at radius 1 is 1.43 bits per heavy atom. The molecule has 0 saturated carbocycles. The topological polar surface area (TPSA) is 81.9 Å². The summed E-state index contributed by atoms with van der Waals surface area (Å²) in [7, 11) is 1.34. The van der Waals surface area contributed by atoms with Gasteiger partial charge in [0.2, 0.25) is 0 Å². The average Bonchev–Trinajstić information content (AvgIpc) is 2.45. The highest BCUT2D eigenvalue weighted by Crippen LogP contribution is 2.16. The van der Waals surface area contributed by atoms with Crippen LogP contribution < -0.4 is 5.73 Å². The summed E-state index contributed by atoms with van der Waals surface area (Å²) in [6.45, 7) is 3.19. The van der Waals surface area contributed by atoms with Crippen molar-refractivity contribution < 1.29 is 19.1 Å². The highest BCUT2D eigenvalue weighted by molar-refractivity contribution is 5.95. The van der Waals surface area contributed by atoms with Crippen LogP contribution in [0.3, 0.4) is 0 Å². The lowest BCUT2D eigenvalue weighted by atomic mass is 10.1. The Morgan fingerprint density at radius 3 is 2.86 bits per heavy atom. The molecule has 114 valence electrons. The molecule has 21 heavy (non-hydrogen) atoms. The summed E-state index contributed by atoms with van der Waals surface area (Å²) in [6.07, 6.45) is -0.173. The molecule has 0 bridgehead atoms. The molecular formula is C15H20N2O4. The molecule has 0 spiro atoms. The zero-order valence-electron chi connectivity index (χ0n) is 12.3. The Morgan fingerprint density at radius 2 is 2.19 bits per heavy atom. The first-order valence-corrected chi connectivity index (χ1v) is 6.84. The SMILES string of the molecule is COC(=O)CC1CN(C(=O)c2cc(C)cc(N)c2)CCO1. The van der Waals surface area contributed by atoms with Crippen molar-refractivity contribution in [2.45, 2.75) is 19.4 Å². The van der Waals surface area contributed by atoms with Crippen molar-refractivity contribution in [3.05, 3.63) is 29.3 Å². The summed E-state index contributed by atoms with van der Waals surface area (Å²) < 4.78 is 10.1. The van der Waals surface area contributed by atoms with Crippen molar-refractivity contribution in [3.63, 3.8) is 0 Å². The van der Waals surface area contributed by atoms with Gasteiger partial charge in [-0.3, -0.25) is 9.59 Å². The van der Waals surface area contributed by atoms with Crippen molar-refractivity contribution in [1.29, 1.82) is 0 Å². The number of benzene rings is 1. The molecule has 1 saturated heterocycles. The number of carbonyl (C=O) groups excluding carboxylic acids is 2. The molecule has 1 heterocycles. The lowest BCUT2D eigenvalue weighted by Gasteiger charge is -2.32. The van der Waals surface area contributed by atoms with Crippen LogP contribution in [0.15, 0.2) is 18.2 Å².